The van der Waals surface area contributed by atoms with E-state index in [1.54, 1.807) is 24.3 Å². The molecule has 34 heavy (non-hydrogen) atoms. The van der Waals surface area contributed by atoms with Gasteiger partial charge in [0.2, 0.25) is 0 Å². The first-order chi connectivity index (χ1) is 16.3. The average molecular weight is 475 g/mol. The fraction of sp³-hybridized carbons (Fsp3) is 0.393. The summed E-state index contributed by atoms with van der Waals surface area (Å²) >= 11 is 0. The number of carboxylic acids is 1. The highest BCUT2D eigenvalue weighted by molar-refractivity contribution is 5.92. The van der Waals surface area contributed by atoms with E-state index in [1.807, 2.05) is 6.07 Å². The van der Waals surface area contributed by atoms with Gasteiger partial charge in [0.15, 0.2) is 0 Å². The van der Waals surface area contributed by atoms with Crippen LogP contribution >= 0.6 is 0 Å². The minimum Gasteiger partial charge on any atom is -0.494 e. The molecule has 0 bridgehead atoms. The minimum absolute atomic E-state index is 0.276. The molecule has 0 amide bonds. The van der Waals surface area contributed by atoms with Crippen LogP contribution < -0.4 is 4.74 Å². The number of benzene rings is 2. The summed E-state index contributed by atoms with van der Waals surface area (Å²) in [6, 6.07) is 12.1. The molecule has 0 spiro atoms. The Kier molecular flexibility index (Phi) is 11.4. The summed E-state index contributed by atoms with van der Waals surface area (Å²) in [4.78, 5) is 11.0. The van der Waals surface area contributed by atoms with Gasteiger partial charge < -0.3 is 9.84 Å². The van der Waals surface area contributed by atoms with Crippen molar-refractivity contribution in [3.63, 3.8) is 0 Å². The molecule has 0 saturated heterocycles. The van der Waals surface area contributed by atoms with Gasteiger partial charge in [0.1, 0.15) is 5.75 Å². The van der Waals surface area contributed by atoms with E-state index < -0.39 is 17.7 Å². The highest BCUT2D eigenvalue weighted by Gasteiger charge is 2.30. The van der Waals surface area contributed by atoms with E-state index in [9.17, 15) is 18.0 Å². The Balaban J connectivity index is 2.06. The van der Waals surface area contributed by atoms with Gasteiger partial charge >= 0.3 is 12.1 Å². The Morgan fingerprint density at radius 2 is 1.59 bits per heavy atom. The first-order valence-electron chi connectivity index (χ1n) is 11.8. The third-order valence-corrected chi connectivity index (χ3v) is 5.38. The first-order valence-corrected chi connectivity index (χ1v) is 11.8. The summed E-state index contributed by atoms with van der Waals surface area (Å²) in [6.45, 7) is 2.81. The number of alkyl halides is 3. The Labute approximate surface area is 200 Å². The third kappa shape index (κ3) is 10.3. The molecule has 0 radical (unpaired) electrons. The lowest BCUT2D eigenvalue weighted by atomic mass is 10.00. The van der Waals surface area contributed by atoms with Crippen molar-refractivity contribution in [2.24, 2.45) is 0 Å². The number of carboxylic acid groups (broad SMARTS) is 1. The monoisotopic (exact) mass is 474 g/mol. The van der Waals surface area contributed by atoms with Crippen LogP contribution in [0.2, 0.25) is 0 Å². The molecule has 0 heterocycles. The molecular formula is C28H33F3O3. The van der Waals surface area contributed by atoms with E-state index >= 15 is 0 Å². The van der Waals surface area contributed by atoms with E-state index in [-0.39, 0.29) is 5.56 Å². The van der Waals surface area contributed by atoms with Gasteiger partial charge in [0, 0.05) is 6.08 Å². The largest absolute Gasteiger partial charge is 0.494 e. The summed E-state index contributed by atoms with van der Waals surface area (Å²) in [5.41, 5.74) is 0.546. The van der Waals surface area contributed by atoms with Crippen LogP contribution in [-0.4, -0.2) is 17.7 Å². The second-order valence-corrected chi connectivity index (χ2v) is 8.25. The lowest BCUT2D eigenvalue weighted by Crippen LogP contribution is -2.05. The number of rotatable bonds is 14. The number of aliphatic carboxylic acids is 1. The van der Waals surface area contributed by atoms with E-state index in [2.05, 4.69) is 6.92 Å². The maximum Gasteiger partial charge on any atom is 0.416 e. The van der Waals surface area contributed by atoms with E-state index in [4.69, 9.17) is 9.84 Å². The maximum atomic E-state index is 13.1. The zero-order chi connectivity index (χ0) is 24.8. The van der Waals surface area contributed by atoms with Gasteiger partial charge in [0.25, 0.3) is 0 Å². The van der Waals surface area contributed by atoms with Crippen molar-refractivity contribution in [2.45, 2.75) is 64.5 Å². The predicted molar refractivity (Wildman–Crippen MR) is 131 cm³/mol. The van der Waals surface area contributed by atoms with Gasteiger partial charge in [-0.15, -0.1) is 0 Å². The zero-order valence-electron chi connectivity index (χ0n) is 19.6. The molecule has 2 aromatic rings. The van der Waals surface area contributed by atoms with Gasteiger partial charge in [-0.05, 0) is 59.5 Å². The molecule has 0 fully saturated rings. The highest BCUT2D eigenvalue weighted by atomic mass is 19.4. The van der Waals surface area contributed by atoms with Crippen molar-refractivity contribution in [1.29, 1.82) is 0 Å². The first kappa shape index (κ1) is 27.2. The molecule has 6 heteroatoms. The smallest absolute Gasteiger partial charge is 0.416 e. The quantitative estimate of drug-likeness (QED) is 0.129. The number of allylic oxidation sites excluding steroid dienone is 2. The molecule has 0 aliphatic carbocycles. The van der Waals surface area contributed by atoms with Crippen LogP contribution in [0.25, 0.3) is 11.6 Å². The number of ether oxygens (including phenoxy) is 1. The number of hydrogen-bond donors (Lipinski definition) is 1. The molecule has 2 rings (SSSR count). The number of carbonyl (C=O) groups is 1. The SMILES string of the molecule is CCCCCCCCCCOc1cccc(/C=C(/C=CC(=O)O)c2cccc(C(F)(F)F)c2)c1. The number of unbranched alkanes of at least 4 members (excludes halogenated alkanes) is 7. The topological polar surface area (TPSA) is 46.5 Å². The van der Waals surface area contributed by atoms with E-state index in [0.29, 0.717) is 23.5 Å². The zero-order valence-corrected chi connectivity index (χ0v) is 19.6. The van der Waals surface area contributed by atoms with Crippen LogP contribution in [0.15, 0.2) is 60.7 Å². The van der Waals surface area contributed by atoms with Crippen LogP contribution in [0.1, 0.15) is 75.0 Å². The van der Waals surface area contributed by atoms with Crippen LogP contribution in [0.4, 0.5) is 13.2 Å². The second-order valence-electron chi connectivity index (χ2n) is 8.25. The second kappa shape index (κ2) is 14.3. The van der Waals surface area contributed by atoms with E-state index in [1.165, 1.54) is 56.7 Å². The lowest BCUT2D eigenvalue weighted by Gasteiger charge is -2.10. The highest BCUT2D eigenvalue weighted by Crippen LogP contribution is 2.32. The minimum atomic E-state index is -4.49. The van der Waals surface area contributed by atoms with Crippen molar-refractivity contribution >= 4 is 17.6 Å². The molecule has 0 saturated carbocycles. The number of hydrogen-bond acceptors (Lipinski definition) is 2. The summed E-state index contributed by atoms with van der Waals surface area (Å²) in [5, 5.41) is 9.00. The van der Waals surface area contributed by atoms with Crippen molar-refractivity contribution in [1.82, 2.24) is 0 Å². The molecule has 0 aliphatic heterocycles. The van der Waals surface area contributed by atoms with Crippen molar-refractivity contribution in [3.05, 3.63) is 77.4 Å². The van der Waals surface area contributed by atoms with Gasteiger partial charge in [-0.25, -0.2) is 4.79 Å². The average Bonchev–Trinajstić information content (AvgIpc) is 2.80. The van der Waals surface area contributed by atoms with Crippen molar-refractivity contribution in [3.8, 4) is 5.75 Å². The molecule has 0 aliphatic rings. The Bertz CT molecular complexity index is 961. The van der Waals surface area contributed by atoms with Crippen LogP contribution in [0.5, 0.6) is 5.75 Å². The molecular weight excluding hydrogens is 441 g/mol. The van der Waals surface area contributed by atoms with Gasteiger partial charge in [-0.3, -0.25) is 0 Å². The molecule has 0 atom stereocenters. The fourth-order valence-electron chi connectivity index (χ4n) is 3.56. The predicted octanol–water partition coefficient (Wildman–Crippen LogP) is 8.41. The molecule has 2 aromatic carbocycles. The summed E-state index contributed by atoms with van der Waals surface area (Å²) in [7, 11) is 0. The summed E-state index contributed by atoms with van der Waals surface area (Å²) < 4.78 is 45.3. The Morgan fingerprint density at radius 1 is 0.912 bits per heavy atom. The van der Waals surface area contributed by atoms with Gasteiger partial charge in [0.05, 0.1) is 12.2 Å². The van der Waals surface area contributed by atoms with E-state index in [0.717, 1.165) is 31.1 Å². The maximum absolute atomic E-state index is 13.1. The third-order valence-electron chi connectivity index (χ3n) is 5.38. The lowest BCUT2D eigenvalue weighted by molar-refractivity contribution is -0.137. The molecule has 1 N–H and O–H groups in total. The van der Waals surface area contributed by atoms with Crippen LogP contribution in [-0.2, 0) is 11.0 Å². The van der Waals surface area contributed by atoms with Crippen molar-refractivity contribution < 1.29 is 27.8 Å². The molecule has 184 valence electrons. The molecule has 0 unspecified atom stereocenters. The van der Waals surface area contributed by atoms with Gasteiger partial charge in [-0.1, -0.05) is 76.1 Å². The van der Waals surface area contributed by atoms with Gasteiger partial charge in [-0.2, -0.15) is 13.2 Å². The molecule has 3 nitrogen and oxygen atoms in total. The van der Waals surface area contributed by atoms with Crippen molar-refractivity contribution in [2.75, 3.05) is 6.61 Å². The molecule has 0 aromatic heterocycles. The normalized spacial score (nSPS) is 12.3. The van der Waals surface area contributed by atoms with Crippen LogP contribution in [0, 0.1) is 0 Å². The number of halogens is 3. The van der Waals surface area contributed by atoms with Crippen LogP contribution in [0.3, 0.4) is 0 Å². The Morgan fingerprint density at radius 3 is 2.26 bits per heavy atom. The summed E-state index contributed by atoms with van der Waals surface area (Å²) in [6.07, 6.45) is 9.05. The standard InChI is InChI=1S/C28H33F3O3/c1-2-3-4-5-6-7-8-9-18-34-26-15-10-12-22(20-26)19-24(16-17-27(32)33)23-13-11-14-25(21-23)28(29,30)31/h10-17,19-21H,2-9,18H2,1H3,(H,32,33)/b17-16?,24-19-. The summed E-state index contributed by atoms with van der Waals surface area (Å²) in [5.74, 6) is -0.511. The fourth-order valence-corrected chi connectivity index (χ4v) is 3.56. The Hall–Kier alpha value is -3.02.